The van der Waals surface area contributed by atoms with Gasteiger partial charge < -0.3 is 9.47 Å². The Bertz CT molecular complexity index is 313. The minimum Gasteiger partial charge on any atom is -0.540 e. The van der Waals surface area contributed by atoms with Crippen LogP contribution < -0.4 is 9.47 Å². The van der Waals surface area contributed by atoms with Crippen molar-refractivity contribution in [2.75, 3.05) is 11.9 Å². The lowest BCUT2D eigenvalue weighted by molar-refractivity contribution is 0.596. The summed E-state index contributed by atoms with van der Waals surface area (Å²) in [5, 5.41) is 0. The highest BCUT2D eigenvalue weighted by molar-refractivity contribution is 6.57. The fourth-order valence-corrected chi connectivity index (χ4v) is 1.47. The van der Waals surface area contributed by atoms with Crippen molar-refractivity contribution in [2.45, 2.75) is 13.7 Å². The van der Waals surface area contributed by atoms with Crippen LogP contribution in [0.2, 0.25) is 6.82 Å². The third kappa shape index (κ3) is 0.968. The van der Waals surface area contributed by atoms with Gasteiger partial charge in [-0.15, -0.1) is 0 Å². The second-order valence-corrected chi connectivity index (χ2v) is 3.30. The molecule has 0 atom stereocenters. The van der Waals surface area contributed by atoms with Gasteiger partial charge in [-0.1, -0.05) is 6.07 Å². The lowest BCUT2D eigenvalue weighted by Crippen LogP contribution is -2.32. The number of hydrogen-bond donors (Lipinski definition) is 0. The van der Waals surface area contributed by atoms with Crippen molar-refractivity contribution >= 4 is 12.7 Å². The summed E-state index contributed by atoms with van der Waals surface area (Å²) in [4.78, 5) is 2.13. The van der Waals surface area contributed by atoms with Gasteiger partial charge in [-0.05, 0) is 38.5 Å². The first-order valence-corrected chi connectivity index (χ1v) is 4.18. The molecular formula is C9H12BNO. The first kappa shape index (κ1) is 7.53. The molecule has 0 unspecified atom stereocenters. The van der Waals surface area contributed by atoms with Gasteiger partial charge in [0.15, 0.2) is 0 Å². The number of fused-ring (bicyclic) bond motifs is 1. The third-order valence-corrected chi connectivity index (χ3v) is 2.34. The molecule has 1 heterocycles. The quantitative estimate of drug-likeness (QED) is 0.539. The van der Waals surface area contributed by atoms with Crippen molar-refractivity contribution in [1.82, 2.24) is 0 Å². The molecule has 0 N–H and O–H groups in total. The van der Waals surface area contributed by atoms with Crippen LogP contribution in [0.3, 0.4) is 0 Å². The topological polar surface area (TPSA) is 12.5 Å². The summed E-state index contributed by atoms with van der Waals surface area (Å²) in [6.45, 7) is 4.13. The van der Waals surface area contributed by atoms with Crippen molar-refractivity contribution in [3.05, 3.63) is 23.8 Å². The molecule has 2 rings (SSSR count). The van der Waals surface area contributed by atoms with E-state index in [0.717, 1.165) is 5.75 Å². The van der Waals surface area contributed by atoms with Gasteiger partial charge in [-0.2, -0.15) is 0 Å². The fourth-order valence-electron chi connectivity index (χ4n) is 1.47. The average Bonchev–Trinajstić information content (AvgIpc) is 2.28. The highest BCUT2D eigenvalue weighted by Crippen LogP contribution is 2.34. The zero-order valence-electron chi connectivity index (χ0n) is 7.66. The second kappa shape index (κ2) is 2.44. The molecule has 0 saturated carbocycles. The molecular weight excluding hydrogens is 149 g/mol. The van der Waals surface area contributed by atoms with Crippen LogP contribution in [-0.4, -0.2) is 14.1 Å². The Kier molecular flexibility index (Phi) is 1.53. The Labute approximate surface area is 73.3 Å². The van der Waals surface area contributed by atoms with Crippen LogP contribution in [0.4, 0.5) is 5.69 Å². The zero-order chi connectivity index (χ0) is 8.72. The lowest BCUT2D eigenvalue weighted by Gasteiger charge is -2.11. The summed E-state index contributed by atoms with van der Waals surface area (Å²) in [7, 11) is 2.22. The smallest absolute Gasteiger partial charge is 0.479 e. The largest absolute Gasteiger partial charge is 0.540 e. The monoisotopic (exact) mass is 161 g/mol. The Morgan fingerprint density at radius 2 is 2.17 bits per heavy atom. The van der Waals surface area contributed by atoms with Gasteiger partial charge in [0, 0.05) is 0 Å². The maximum absolute atomic E-state index is 5.63. The van der Waals surface area contributed by atoms with Gasteiger partial charge in [0.1, 0.15) is 5.75 Å². The predicted molar refractivity (Wildman–Crippen MR) is 51.8 cm³/mol. The molecule has 0 saturated heterocycles. The van der Waals surface area contributed by atoms with Crippen LogP contribution in [-0.2, 0) is 0 Å². The van der Waals surface area contributed by atoms with Crippen LogP contribution in [0, 0.1) is 6.92 Å². The molecule has 1 aromatic carbocycles. The molecule has 1 aromatic rings. The Balaban J connectivity index is 2.47. The minimum atomic E-state index is 0.168. The van der Waals surface area contributed by atoms with E-state index in [-0.39, 0.29) is 7.05 Å². The SMILES string of the molecule is CB1Oc2cc(C)ccc2N1C. The minimum absolute atomic E-state index is 0.168. The van der Waals surface area contributed by atoms with E-state index in [9.17, 15) is 0 Å². The van der Waals surface area contributed by atoms with Crippen molar-refractivity contribution in [3.63, 3.8) is 0 Å². The summed E-state index contributed by atoms with van der Waals surface area (Å²) in [6.07, 6.45) is 0. The normalized spacial score (nSPS) is 14.6. The molecule has 12 heavy (non-hydrogen) atoms. The van der Waals surface area contributed by atoms with E-state index in [1.165, 1.54) is 11.3 Å². The molecule has 0 aromatic heterocycles. The van der Waals surface area contributed by atoms with Crippen molar-refractivity contribution in [3.8, 4) is 5.75 Å². The number of aryl methyl sites for hydroxylation is 1. The predicted octanol–water partition coefficient (Wildman–Crippen LogP) is 1.94. The van der Waals surface area contributed by atoms with Gasteiger partial charge in [0.2, 0.25) is 0 Å². The fraction of sp³-hybridized carbons (Fsp3) is 0.333. The summed E-state index contributed by atoms with van der Waals surface area (Å²) in [5.41, 5.74) is 2.43. The number of anilines is 1. The third-order valence-electron chi connectivity index (χ3n) is 2.34. The first-order valence-electron chi connectivity index (χ1n) is 4.18. The molecule has 0 spiro atoms. The Morgan fingerprint density at radius 3 is 2.92 bits per heavy atom. The molecule has 62 valence electrons. The molecule has 1 aliphatic rings. The maximum atomic E-state index is 5.63. The van der Waals surface area contributed by atoms with Gasteiger partial charge in [0.05, 0.1) is 5.69 Å². The van der Waals surface area contributed by atoms with E-state index >= 15 is 0 Å². The van der Waals surface area contributed by atoms with Crippen LogP contribution >= 0.6 is 0 Å². The number of benzene rings is 1. The van der Waals surface area contributed by atoms with Crippen molar-refractivity contribution in [2.24, 2.45) is 0 Å². The van der Waals surface area contributed by atoms with Crippen LogP contribution in [0.5, 0.6) is 5.75 Å². The van der Waals surface area contributed by atoms with Gasteiger partial charge >= 0.3 is 7.05 Å². The van der Waals surface area contributed by atoms with Crippen molar-refractivity contribution in [1.29, 1.82) is 0 Å². The van der Waals surface area contributed by atoms with Crippen LogP contribution in [0.15, 0.2) is 18.2 Å². The summed E-state index contributed by atoms with van der Waals surface area (Å²) >= 11 is 0. The molecule has 0 aliphatic carbocycles. The van der Waals surface area contributed by atoms with Crippen molar-refractivity contribution < 1.29 is 4.65 Å². The van der Waals surface area contributed by atoms with Gasteiger partial charge in [0.25, 0.3) is 0 Å². The average molecular weight is 161 g/mol. The number of hydrogen-bond acceptors (Lipinski definition) is 2. The summed E-state index contributed by atoms with van der Waals surface area (Å²) in [6, 6.07) is 6.29. The Hall–Kier alpha value is -1.12. The highest BCUT2D eigenvalue weighted by Gasteiger charge is 2.28. The van der Waals surface area contributed by atoms with E-state index in [2.05, 4.69) is 36.8 Å². The van der Waals surface area contributed by atoms with Crippen LogP contribution in [0.1, 0.15) is 5.56 Å². The molecule has 1 aliphatic heterocycles. The van der Waals surface area contributed by atoms with Gasteiger partial charge in [-0.3, -0.25) is 0 Å². The standard InChI is InChI=1S/C9H12BNO/c1-7-4-5-8-9(6-7)12-10(2)11(8)3/h4-6H,1-3H3. The number of rotatable bonds is 0. The summed E-state index contributed by atoms with van der Waals surface area (Å²) < 4.78 is 5.63. The molecule has 0 fully saturated rings. The van der Waals surface area contributed by atoms with E-state index in [4.69, 9.17) is 4.65 Å². The highest BCUT2D eigenvalue weighted by atomic mass is 16.5. The van der Waals surface area contributed by atoms with E-state index in [0.29, 0.717) is 0 Å². The molecule has 0 radical (unpaired) electrons. The van der Waals surface area contributed by atoms with E-state index in [1.54, 1.807) is 0 Å². The summed E-state index contributed by atoms with van der Waals surface area (Å²) in [5.74, 6) is 1.00. The lowest BCUT2D eigenvalue weighted by atomic mass is 9.86. The van der Waals surface area contributed by atoms with E-state index in [1.807, 2.05) is 7.05 Å². The number of nitrogens with zero attached hydrogens (tertiary/aromatic N) is 1. The zero-order valence-corrected chi connectivity index (χ0v) is 7.66. The second-order valence-electron chi connectivity index (χ2n) is 3.30. The Morgan fingerprint density at radius 1 is 1.42 bits per heavy atom. The first-order chi connectivity index (χ1) is 5.68. The molecule has 0 bridgehead atoms. The molecule has 0 amide bonds. The van der Waals surface area contributed by atoms with E-state index < -0.39 is 0 Å². The molecule has 3 heteroatoms. The van der Waals surface area contributed by atoms with Gasteiger partial charge in [-0.25, -0.2) is 0 Å². The van der Waals surface area contributed by atoms with Crippen LogP contribution in [0.25, 0.3) is 0 Å². The molecule has 2 nitrogen and oxygen atoms in total. The maximum Gasteiger partial charge on any atom is 0.479 e.